The van der Waals surface area contributed by atoms with Gasteiger partial charge in [-0.1, -0.05) is 106 Å². The first-order valence-corrected chi connectivity index (χ1v) is 21.1. The molecular formula is C41H52FN6O9P. The Labute approximate surface area is 338 Å². The van der Waals surface area contributed by atoms with Crippen LogP contribution in [0, 0.1) is 18.4 Å². The summed E-state index contributed by atoms with van der Waals surface area (Å²) in [5.41, 5.74) is 4.80. The summed E-state index contributed by atoms with van der Waals surface area (Å²) >= 11 is 0. The van der Waals surface area contributed by atoms with Crippen LogP contribution in [0.1, 0.15) is 90.3 Å². The second-order valence-electron chi connectivity index (χ2n) is 14.3. The predicted octanol–water partition coefficient (Wildman–Crippen LogP) is 7.86. The van der Waals surface area contributed by atoms with Crippen LogP contribution < -0.4 is 15.3 Å². The van der Waals surface area contributed by atoms with E-state index in [1.54, 1.807) is 68.4 Å². The molecule has 0 radical (unpaired) electrons. The fourth-order valence-corrected chi connectivity index (χ4v) is 7.96. The summed E-state index contributed by atoms with van der Waals surface area (Å²) in [6, 6.07) is 16.0. The Morgan fingerprint density at radius 3 is 2.40 bits per heavy atom. The molecule has 0 unspecified atom stereocenters. The molecule has 1 saturated heterocycles. The van der Waals surface area contributed by atoms with Crippen LogP contribution in [0.2, 0.25) is 0 Å². The normalized spacial score (nSPS) is 19.3. The first-order chi connectivity index (χ1) is 27.9. The van der Waals surface area contributed by atoms with Gasteiger partial charge in [0, 0.05) is 6.42 Å². The minimum absolute atomic E-state index is 0.00747. The Morgan fingerprint density at radius 2 is 1.72 bits per heavy atom. The van der Waals surface area contributed by atoms with Crippen LogP contribution in [0.25, 0.3) is 11.2 Å². The number of rotatable bonds is 22. The Balaban J connectivity index is 1.40. The lowest BCUT2D eigenvalue weighted by atomic mass is 9.99. The summed E-state index contributed by atoms with van der Waals surface area (Å²) in [5.74, 6) is 1.78. The fourth-order valence-electron chi connectivity index (χ4n) is 6.44. The van der Waals surface area contributed by atoms with Crippen LogP contribution in [-0.4, -0.2) is 68.7 Å². The molecule has 1 aliphatic rings. The van der Waals surface area contributed by atoms with Gasteiger partial charge in [0.25, 0.3) is 0 Å². The Bertz CT molecular complexity index is 2030. The number of carbonyl (C=O) groups excluding carboxylic acids is 2. The highest BCUT2D eigenvalue weighted by atomic mass is 31.2. The summed E-state index contributed by atoms with van der Waals surface area (Å²) in [4.78, 5) is 38.2. The summed E-state index contributed by atoms with van der Waals surface area (Å²) in [5, 5.41) is 2.78. The third kappa shape index (κ3) is 12.2. The predicted molar refractivity (Wildman–Crippen MR) is 214 cm³/mol. The number of nitrogen functional groups attached to an aromatic ring is 1. The van der Waals surface area contributed by atoms with E-state index in [1.807, 2.05) is 6.07 Å². The van der Waals surface area contributed by atoms with Gasteiger partial charge in [-0.15, -0.1) is 6.42 Å². The van der Waals surface area contributed by atoms with Crippen molar-refractivity contribution < 1.29 is 46.5 Å². The maximum absolute atomic E-state index is 14.9. The number of aromatic nitrogens is 4. The van der Waals surface area contributed by atoms with Crippen molar-refractivity contribution in [2.24, 2.45) is 0 Å². The molecule has 3 N–H and O–H groups in total. The third-order valence-corrected chi connectivity index (χ3v) is 10.9. The molecule has 2 aromatic carbocycles. The van der Waals surface area contributed by atoms with Crippen molar-refractivity contribution in [1.82, 2.24) is 24.6 Å². The largest absolute Gasteiger partial charge is 0.508 e. The second-order valence-corrected chi connectivity index (χ2v) is 15.9. The standard InChI is InChI=1S/C41H52FN6O9P/c1-5-7-8-9-10-11-12-19-24-52-40(50)55-33-26-34(48-28-44-35-36(43)45-39(42)46-37(35)48)56-41(33,6-2)27-53-58(51,57-31-22-17-14-18-23-31)47-32(38(49)54-29(3)4)25-30-20-15-13-16-21-30/h2,13-18,20-23,28-29,32-34H,5,7-12,19,24-27H2,1,3-4H3,(H,47,51)(H2,43,45,46)/t32-,33-,34+,41+,58-/m0/s1. The smallest absolute Gasteiger partial charge is 0.462 e. The van der Waals surface area contributed by atoms with E-state index in [9.17, 15) is 18.5 Å². The molecule has 0 spiro atoms. The molecule has 0 aliphatic carbocycles. The van der Waals surface area contributed by atoms with Crippen molar-refractivity contribution in [2.45, 2.75) is 115 Å². The maximum atomic E-state index is 14.9. The fraction of sp³-hybridized carbons (Fsp3) is 0.488. The number of halogens is 1. The van der Waals surface area contributed by atoms with E-state index in [2.05, 4.69) is 32.9 Å². The molecule has 2 aromatic heterocycles. The van der Waals surface area contributed by atoms with Crippen LogP contribution >= 0.6 is 7.75 Å². The van der Waals surface area contributed by atoms with Crippen molar-refractivity contribution >= 4 is 36.9 Å². The first kappa shape index (κ1) is 44.0. The van der Waals surface area contributed by atoms with Gasteiger partial charge in [0.15, 0.2) is 28.7 Å². The second kappa shape index (κ2) is 21.1. The molecule has 58 heavy (non-hydrogen) atoms. The average Bonchev–Trinajstić information content (AvgIpc) is 3.78. The van der Waals surface area contributed by atoms with Gasteiger partial charge in [0.1, 0.15) is 24.6 Å². The lowest BCUT2D eigenvalue weighted by molar-refractivity contribution is -0.149. The Morgan fingerprint density at radius 1 is 1.05 bits per heavy atom. The number of nitrogens with zero attached hydrogens (tertiary/aromatic N) is 4. The molecule has 0 bridgehead atoms. The van der Waals surface area contributed by atoms with Gasteiger partial charge in [0.2, 0.25) is 0 Å². The average molecular weight is 823 g/mol. The van der Waals surface area contributed by atoms with Gasteiger partial charge in [-0.25, -0.2) is 14.3 Å². The number of hydrogen-bond acceptors (Lipinski definition) is 13. The maximum Gasteiger partial charge on any atom is 0.508 e. The summed E-state index contributed by atoms with van der Waals surface area (Å²) in [7, 11) is -4.57. The number of para-hydroxylation sites is 1. The van der Waals surface area contributed by atoms with Crippen molar-refractivity contribution in [2.75, 3.05) is 18.9 Å². The zero-order valence-electron chi connectivity index (χ0n) is 33.1. The molecule has 0 amide bonds. The van der Waals surface area contributed by atoms with E-state index in [0.717, 1.165) is 24.8 Å². The lowest BCUT2D eigenvalue weighted by Gasteiger charge is -2.31. The number of terminal acetylenes is 1. The number of benzene rings is 2. The van der Waals surface area contributed by atoms with Crippen LogP contribution in [-0.2, 0) is 39.3 Å². The first-order valence-electron chi connectivity index (χ1n) is 19.6. The van der Waals surface area contributed by atoms with Crippen molar-refractivity contribution in [3.05, 3.63) is 78.6 Å². The monoisotopic (exact) mass is 822 g/mol. The molecule has 17 heteroatoms. The number of fused-ring (bicyclic) bond motifs is 1. The van der Waals surface area contributed by atoms with Gasteiger partial charge < -0.3 is 29.2 Å². The van der Waals surface area contributed by atoms with Crippen molar-refractivity contribution in [1.29, 1.82) is 0 Å². The topological polar surface area (TPSA) is 188 Å². The number of carbonyl (C=O) groups is 2. The van der Waals surface area contributed by atoms with Gasteiger partial charge >= 0.3 is 25.9 Å². The van der Waals surface area contributed by atoms with Crippen LogP contribution in [0.4, 0.5) is 15.0 Å². The SMILES string of the molecule is C#C[C@]1(CO[P@@](=O)(N[C@@H](Cc2ccccc2)C(=O)OC(C)C)Oc2ccccc2)O[C@@H](n2cnc3c(N)nc(F)nc32)C[C@@H]1OC(=O)OCCCCCCCCCC. The molecular weight excluding hydrogens is 770 g/mol. The van der Waals surface area contributed by atoms with E-state index in [0.29, 0.717) is 6.42 Å². The van der Waals surface area contributed by atoms with Gasteiger partial charge in [0.05, 0.1) is 19.0 Å². The van der Waals surface area contributed by atoms with E-state index in [-0.39, 0.29) is 42.2 Å². The van der Waals surface area contributed by atoms with Crippen LogP contribution in [0.15, 0.2) is 67.0 Å². The van der Waals surface area contributed by atoms with Crippen LogP contribution in [0.3, 0.4) is 0 Å². The molecule has 312 valence electrons. The molecule has 1 aliphatic heterocycles. The van der Waals surface area contributed by atoms with Gasteiger partial charge in [-0.2, -0.15) is 19.4 Å². The van der Waals surface area contributed by atoms with Gasteiger partial charge in [-0.3, -0.25) is 13.9 Å². The molecule has 1 fully saturated rings. The number of esters is 1. The van der Waals surface area contributed by atoms with E-state index in [1.165, 1.54) is 36.6 Å². The molecule has 15 nitrogen and oxygen atoms in total. The third-order valence-electron chi connectivity index (χ3n) is 9.36. The van der Waals surface area contributed by atoms with Crippen LogP contribution in [0.5, 0.6) is 5.75 Å². The zero-order valence-corrected chi connectivity index (χ0v) is 34.0. The number of hydrogen-bond donors (Lipinski definition) is 2. The minimum atomic E-state index is -4.57. The number of anilines is 1. The molecule has 4 aromatic rings. The Hall–Kier alpha value is -5.07. The number of imidazole rings is 1. The Kier molecular flexibility index (Phi) is 16.0. The summed E-state index contributed by atoms with van der Waals surface area (Å²) in [6.45, 7) is 4.98. The number of nitrogens with one attached hydrogen (secondary N) is 1. The highest BCUT2D eigenvalue weighted by molar-refractivity contribution is 7.52. The highest BCUT2D eigenvalue weighted by Gasteiger charge is 2.53. The van der Waals surface area contributed by atoms with E-state index >= 15 is 0 Å². The highest BCUT2D eigenvalue weighted by Crippen LogP contribution is 2.49. The molecule has 3 heterocycles. The number of nitrogens with two attached hydrogens (primary N) is 1. The van der Waals surface area contributed by atoms with Gasteiger partial charge in [-0.05, 0) is 44.4 Å². The quantitative estimate of drug-likeness (QED) is 0.0256. The summed E-state index contributed by atoms with van der Waals surface area (Å²) < 4.78 is 65.8. The lowest BCUT2D eigenvalue weighted by Crippen LogP contribution is -2.46. The summed E-state index contributed by atoms with van der Waals surface area (Å²) in [6.07, 6.45) is 10.9. The van der Waals surface area contributed by atoms with E-state index < -0.39 is 62.6 Å². The van der Waals surface area contributed by atoms with E-state index in [4.69, 9.17) is 40.2 Å². The molecule has 0 saturated carbocycles. The molecule has 5 atom stereocenters. The number of ether oxygens (including phenoxy) is 4. The minimum Gasteiger partial charge on any atom is -0.462 e. The van der Waals surface area contributed by atoms with Crippen molar-refractivity contribution in [3.63, 3.8) is 0 Å². The van der Waals surface area contributed by atoms with Crippen molar-refractivity contribution in [3.8, 4) is 18.1 Å². The number of unbranched alkanes of at least 4 members (excludes halogenated alkanes) is 7. The zero-order chi connectivity index (χ0) is 41.5. The molecule has 5 rings (SSSR count).